The number of aryl methyl sites for hydroxylation is 2. The maximum Gasteiger partial charge on any atom is 0.129 e. The number of hydrogen-bond acceptors (Lipinski definition) is 2. The highest BCUT2D eigenvalue weighted by atomic mass is 35.5. The van der Waals surface area contributed by atoms with Crippen LogP contribution in [-0.4, -0.2) is 9.55 Å². The van der Waals surface area contributed by atoms with Crippen molar-refractivity contribution in [2.75, 3.05) is 0 Å². The number of hydrogen-bond donors (Lipinski definition) is 0. The highest BCUT2D eigenvalue weighted by Gasteiger charge is 2.16. The van der Waals surface area contributed by atoms with E-state index in [4.69, 9.17) is 11.6 Å². The van der Waals surface area contributed by atoms with E-state index in [2.05, 4.69) is 11.1 Å². The second-order valence-corrected chi connectivity index (χ2v) is 5.29. The number of rotatable bonds is 2. The normalized spacial score (nSPS) is 10.8. The van der Waals surface area contributed by atoms with E-state index in [9.17, 15) is 5.26 Å². The lowest BCUT2D eigenvalue weighted by molar-refractivity contribution is 0.973. The molecule has 0 saturated heterocycles. The Morgan fingerprint density at radius 3 is 2.57 bits per heavy atom. The van der Waals surface area contributed by atoms with Crippen molar-refractivity contribution in [3.8, 4) is 11.8 Å². The Morgan fingerprint density at radius 2 is 1.86 bits per heavy atom. The fourth-order valence-corrected chi connectivity index (χ4v) is 2.86. The molecule has 0 bridgehead atoms. The maximum atomic E-state index is 9.49. The number of fused-ring (bicyclic) bond motifs is 1. The zero-order valence-corrected chi connectivity index (χ0v) is 12.6. The zero-order chi connectivity index (χ0) is 15.0. The summed E-state index contributed by atoms with van der Waals surface area (Å²) in [6.45, 7) is 3.98. The van der Waals surface area contributed by atoms with E-state index in [0.29, 0.717) is 11.4 Å². The van der Waals surface area contributed by atoms with Crippen molar-refractivity contribution in [1.82, 2.24) is 9.55 Å². The second-order valence-electron chi connectivity index (χ2n) is 5.02. The first-order valence-electron chi connectivity index (χ1n) is 6.70. The van der Waals surface area contributed by atoms with E-state index in [1.54, 1.807) is 0 Å². The fraction of sp³-hybridized carbons (Fsp3) is 0.176. The molecule has 0 saturated carbocycles. The van der Waals surface area contributed by atoms with Crippen LogP contribution in [0.15, 0.2) is 36.4 Å². The number of para-hydroxylation sites is 1. The standard InChI is InChI=1S/C17H14ClN3/c1-11-5-4-8-15(13(11)10-19)21-16(9-18)20-14-7-3-6-12(2)17(14)21/h3-8H,9H2,1-2H3. The van der Waals surface area contributed by atoms with Gasteiger partial charge in [0.1, 0.15) is 11.9 Å². The van der Waals surface area contributed by atoms with Gasteiger partial charge in [-0.2, -0.15) is 5.26 Å². The molecule has 3 aromatic rings. The first-order chi connectivity index (χ1) is 10.2. The maximum absolute atomic E-state index is 9.49. The van der Waals surface area contributed by atoms with Crippen LogP contribution in [0.1, 0.15) is 22.5 Å². The number of aromatic nitrogens is 2. The molecule has 1 aromatic heterocycles. The molecule has 3 rings (SSSR count). The second kappa shape index (κ2) is 5.23. The van der Waals surface area contributed by atoms with E-state index in [1.807, 2.05) is 54.8 Å². The highest BCUT2D eigenvalue weighted by Crippen LogP contribution is 2.28. The van der Waals surface area contributed by atoms with Gasteiger partial charge in [-0.15, -0.1) is 11.6 Å². The molecule has 0 aliphatic carbocycles. The van der Waals surface area contributed by atoms with Gasteiger partial charge in [0.25, 0.3) is 0 Å². The van der Waals surface area contributed by atoms with Gasteiger partial charge in [0.2, 0.25) is 0 Å². The largest absolute Gasteiger partial charge is 0.294 e. The molecular weight excluding hydrogens is 282 g/mol. The summed E-state index contributed by atoms with van der Waals surface area (Å²) >= 11 is 6.07. The molecule has 0 aliphatic heterocycles. The number of alkyl halides is 1. The minimum Gasteiger partial charge on any atom is -0.294 e. The summed E-state index contributed by atoms with van der Waals surface area (Å²) in [6.07, 6.45) is 0. The van der Waals surface area contributed by atoms with Crippen LogP contribution in [0.2, 0.25) is 0 Å². The van der Waals surface area contributed by atoms with Gasteiger partial charge in [-0.25, -0.2) is 4.98 Å². The lowest BCUT2D eigenvalue weighted by Gasteiger charge is -2.12. The van der Waals surface area contributed by atoms with Crippen LogP contribution in [0, 0.1) is 25.2 Å². The smallest absolute Gasteiger partial charge is 0.129 e. The molecule has 0 aliphatic rings. The molecule has 104 valence electrons. The Kier molecular flexibility index (Phi) is 3.40. The molecule has 3 nitrogen and oxygen atoms in total. The average Bonchev–Trinajstić information content (AvgIpc) is 2.86. The quantitative estimate of drug-likeness (QED) is 0.663. The molecule has 0 unspecified atom stereocenters. The molecule has 1 heterocycles. The van der Waals surface area contributed by atoms with E-state index in [1.165, 1.54) is 0 Å². The average molecular weight is 296 g/mol. The number of halogens is 1. The number of nitriles is 1. The summed E-state index contributed by atoms with van der Waals surface area (Å²) < 4.78 is 2.00. The molecule has 0 fully saturated rings. The van der Waals surface area contributed by atoms with E-state index in [0.717, 1.165) is 33.7 Å². The van der Waals surface area contributed by atoms with Gasteiger partial charge in [0.15, 0.2) is 0 Å². The fourth-order valence-electron chi connectivity index (χ4n) is 2.68. The predicted molar refractivity (Wildman–Crippen MR) is 84.8 cm³/mol. The van der Waals surface area contributed by atoms with Crippen LogP contribution >= 0.6 is 11.6 Å². The van der Waals surface area contributed by atoms with Crippen molar-refractivity contribution in [3.63, 3.8) is 0 Å². The Bertz CT molecular complexity index is 872. The summed E-state index contributed by atoms with van der Waals surface area (Å²) in [5, 5.41) is 9.49. The van der Waals surface area contributed by atoms with Gasteiger partial charge in [-0.1, -0.05) is 24.3 Å². The Morgan fingerprint density at radius 1 is 1.14 bits per heavy atom. The van der Waals surface area contributed by atoms with Gasteiger partial charge < -0.3 is 0 Å². The van der Waals surface area contributed by atoms with E-state index < -0.39 is 0 Å². The summed E-state index contributed by atoms with van der Waals surface area (Å²) in [5.74, 6) is 1.05. The third-order valence-corrected chi connectivity index (χ3v) is 3.91. The Labute approximate surface area is 128 Å². The third-order valence-electron chi connectivity index (χ3n) is 3.67. The van der Waals surface area contributed by atoms with Crippen LogP contribution in [0.25, 0.3) is 16.7 Å². The van der Waals surface area contributed by atoms with Gasteiger partial charge in [0.05, 0.1) is 28.2 Å². The van der Waals surface area contributed by atoms with E-state index >= 15 is 0 Å². The predicted octanol–water partition coefficient (Wildman–Crippen LogP) is 4.25. The molecule has 0 N–H and O–H groups in total. The zero-order valence-electron chi connectivity index (χ0n) is 11.9. The van der Waals surface area contributed by atoms with Gasteiger partial charge in [0, 0.05) is 0 Å². The Hall–Kier alpha value is -2.31. The number of benzene rings is 2. The van der Waals surface area contributed by atoms with Gasteiger partial charge in [-0.3, -0.25) is 4.57 Å². The monoisotopic (exact) mass is 295 g/mol. The molecule has 0 radical (unpaired) electrons. The van der Waals surface area contributed by atoms with Crippen LogP contribution in [-0.2, 0) is 5.88 Å². The Balaban J connectivity index is 2.46. The summed E-state index contributed by atoms with van der Waals surface area (Å²) in [4.78, 5) is 4.60. The lowest BCUT2D eigenvalue weighted by Crippen LogP contribution is -2.03. The van der Waals surface area contributed by atoms with Crippen LogP contribution in [0.3, 0.4) is 0 Å². The molecule has 21 heavy (non-hydrogen) atoms. The first kappa shape index (κ1) is 13.7. The van der Waals surface area contributed by atoms with Crippen molar-refractivity contribution < 1.29 is 0 Å². The lowest BCUT2D eigenvalue weighted by atomic mass is 10.1. The molecule has 0 atom stereocenters. The first-order valence-corrected chi connectivity index (χ1v) is 7.24. The molecule has 0 amide bonds. The van der Waals surface area contributed by atoms with Crippen LogP contribution in [0.4, 0.5) is 0 Å². The van der Waals surface area contributed by atoms with Crippen molar-refractivity contribution in [1.29, 1.82) is 5.26 Å². The molecular formula is C17H14ClN3. The molecule has 2 aromatic carbocycles. The summed E-state index contributed by atoms with van der Waals surface area (Å²) in [5.41, 5.74) is 5.47. The topological polar surface area (TPSA) is 41.6 Å². The van der Waals surface area contributed by atoms with Crippen molar-refractivity contribution in [2.45, 2.75) is 19.7 Å². The number of nitrogens with zero attached hydrogens (tertiary/aromatic N) is 3. The molecule has 0 spiro atoms. The van der Waals surface area contributed by atoms with Gasteiger partial charge in [-0.05, 0) is 37.1 Å². The van der Waals surface area contributed by atoms with Crippen LogP contribution < -0.4 is 0 Å². The van der Waals surface area contributed by atoms with Crippen molar-refractivity contribution in [3.05, 3.63) is 58.9 Å². The van der Waals surface area contributed by atoms with Crippen molar-refractivity contribution in [2.24, 2.45) is 0 Å². The minimum atomic E-state index is 0.299. The SMILES string of the molecule is Cc1cccc(-n2c(CCl)nc3cccc(C)c32)c1C#N. The van der Waals surface area contributed by atoms with Gasteiger partial charge >= 0.3 is 0 Å². The highest BCUT2D eigenvalue weighted by molar-refractivity contribution is 6.17. The van der Waals surface area contributed by atoms with Crippen LogP contribution in [0.5, 0.6) is 0 Å². The molecule has 4 heteroatoms. The number of imidazole rings is 1. The van der Waals surface area contributed by atoms with E-state index in [-0.39, 0.29) is 0 Å². The summed E-state index contributed by atoms with van der Waals surface area (Å²) in [6, 6.07) is 14.1. The van der Waals surface area contributed by atoms with Crippen molar-refractivity contribution >= 4 is 22.6 Å². The minimum absolute atomic E-state index is 0.299. The summed E-state index contributed by atoms with van der Waals surface area (Å²) in [7, 11) is 0. The third kappa shape index (κ3) is 2.09.